The van der Waals surface area contributed by atoms with E-state index in [0.717, 1.165) is 18.9 Å². The molecule has 1 aromatic carbocycles. The number of piperidine rings is 1. The van der Waals surface area contributed by atoms with Crippen molar-refractivity contribution in [2.24, 2.45) is 5.92 Å². The molecule has 2 heterocycles. The van der Waals surface area contributed by atoms with Gasteiger partial charge in [-0.05, 0) is 63.0 Å². The summed E-state index contributed by atoms with van der Waals surface area (Å²) in [7, 11) is 0. The van der Waals surface area contributed by atoms with Crippen LogP contribution in [0.4, 0.5) is 0 Å². The van der Waals surface area contributed by atoms with Crippen molar-refractivity contribution in [3.63, 3.8) is 0 Å². The van der Waals surface area contributed by atoms with Crippen molar-refractivity contribution in [3.8, 4) is 0 Å². The number of benzene rings is 1. The molecule has 3 N–H and O–H groups in total. The van der Waals surface area contributed by atoms with Crippen LogP contribution in [0.1, 0.15) is 25.8 Å². The van der Waals surface area contributed by atoms with E-state index in [1.165, 1.54) is 48.9 Å². The number of para-hydroxylation sites is 1. The van der Waals surface area contributed by atoms with Crippen molar-refractivity contribution in [1.82, 2.24) is 15.6 Å². The van der Waals surface area contributed by atoms with Gasteiger partial charge in [0.05, 0.1) is 0 Å². The van der Waals surface area contributed by atoms with Gasteiger partial charge in [-0.15, -0.1) is 0 Å². The van der Waals surface area contributed by atoms with Crippen molar-refractivity contribution >= 4 is 10.9 Å². The van der Waals surface area contributed by atoms with Crippen molar-refractivity contribution in [3.05, 3.63) is 36.0 Å². The van der Waals surface area contributed by atoms with Crippen LogP contribution in [0, 0.1) is 5.92 Å². The number of hydrogen-bond acceptors (Lipinski definition) is 2. The highest BCUT2D eigenvalue weighted by Gasteiger charge is 2.12. The molecule has 0 radical (unpaired) electrons. The number of nitrogens with one attached hydrogen (secondary N) is 3. The SMILES string of the molecule is C.c1ccc2c(CCNCC3CCNCC3)c[nH]c2c1. The van der Waals surface area contributed by atoms with E-state index in [9.17, 15) is 0 Å². The molecule has 2 aromatic rings. The molecule has 1 aliphatic heterocycles. The summed E-state index contributed by atoms with van der Waals surface area (Å²) in [5.41, 5.74) is 2.67. The van der Waals surface area contributed by atoms with Crippen LogP contribution in [0.3, 0.4) is 0 Å². The van der Waals surface area contributed by atoms with Gasteiger partial charge >= 0.3 is 0 Å². The van der Waals surface area contributed by atoms with Crippen molar-refractivity contribution in [2.75, 3.05) is 26.2 Å². The molecule has 20 heavy (non-hydrogen) atoms. The molecule has 0 amide bonds. The third-order valence-electron chi connectivity index (χ3n) is 4.14. The molecule has 0 unspecified atom stereocenters. The fourth-order valence-electron chi connectivity index (χ4n) is 2.95. The van der Waals surface area contributed by atoms with Gasteiger partial charge in [-0.1, -0.05) is 25.6 Å². The maximum absolute atomic E-state index is 3.62. The summed E-state index contributed by atoms with van der Waals surface area (Å²) < 4.78 is 0. The molecule has 1 aromatic heterocycles. The maximum Gasteiger partial charge on any atom is 0.0456 e. The molecule has 1 fully saturated rings. The van der Waals surface area contributed by atoms with Crippen LogP contribution in [-0.2, 0) is 6.42 Å². The van der Waals surface area contributed by atoms with E-state index in [4.69, 9.17) is 0 Å². The molecule has 0 saturated carbocycles. The first-order chi connectivity index (χ1) is 9.43. The molecule has 0 atom stereocenters. The highest BCUT2D eigenvalue weighted by molar-refractivity contribution is 5.83. The highest BCUT2D eigenvalue weighted by Crippen LogP contribution is 2.17. The van der Waals surface area contributed by atoms with Crippen LogP contribution in [0.2, 0.25) is 0 Å². The van der Waals surface area contributed by atoms with Gasteiger partial charge in [0.1, 0.15) is 0 Å². The van der Waals surface area contributed by atoms with Crippen LogP contribution < -0.4 is 10.6 Å². The number of rotatable bonds is 5. The van der Waals surface area contributed by atoms with E-state index in [0.29, 0.717) is 0 Å². The molecule has 3 nitrogen and oxygen atoms in total. The van der Waals surface area contributed by atoms with Crippen LogP contribution in [0.5, 0.6) is 0 Å². The molecule has 110 valence electrons. The maximum atomic E-state index is 3.62. The summed E-state index contributed by atoms with van der Waals surface area (Å²) in [6, 6.07) is 8.54. The third-order valence-corrected chi connectivity index (χ3v) is 4.14. The van der Waals surface area contributed by atoms with E-state index >= 15 is 0 Å². The Morgan fingerprint density at radius 3 is 2.80 bits per heavy atom. The number of aromatic nitrogens is 1. The van der Waals surface area contributed by atoms with Crippen LogP contribution >= 0.6 is 0 Å². The molecule has 0 spiro atoms. The predicted octanol–water partition coefficient (Wildman–Crippen LogP) is 2.94. The van der Waals surface area contributed by atoms with E-state index in [2.05, 4.69) is 46.1 Å². The lowest BCUT2D eigenvalue weighted by Crippen LogP contribution is -2.34. The Kier molecular flexibility index (Phi) is 5.62. The lowest BCUT2D eigenvalue weighted by molar-refractivity contribution is 0.358. The average Bonchev–Trinajstić information content (AvgIpc) is 2.88. The van der Waals surface area contributed by atoms with Gasteiger partial charge in [0.15, 0.2) is 0 Å². The highest BCUT2D eigenvalue weighted by atomic mass is 14.9. The minimum Gasteiger partial charge on any atom is -0.361 e. The quantitative estimate of drug-likeness (QED) is 0.733. The Morgan fingerprint density at radius 2 is 1.95 bits per heavy atom. The number of H-pyrrole nitrogens is 1. The third kappa shape index (κ3) is 3.62. The molecule has 0 bridgehead atoms. The Hall–Kier alpha value is -1.32. The van der Waals surface area contributed by atoms with Gasteiger partial charge in [0.25, 0.3) is 0 Å². The molecular weight excluding hydrogens is 246 g/mol. The first kappa shape index (κ1) is 15.1. The summed E-state index contributed by atoms with van der Waals surface area (Å²) in [6.07, 6.45) is 5.89. The Balaban J connectivity index is 0.00000147. The second kappa shape index (κ2) is 7.46. The zero-order chi connectivity index (χ0) is 12.9. The van der Waals surface area contributed by atoms with Crippen LogP contribution in [0.25, 0.3) is 10.9 Å². The summed E-state index contributed by atoms with van der Waals surface area (Å²) in [5.74, 6) is 0.865. The fraction of sp³-hybridized carbons (Fsp3) is 0.529. The number of hydrogen-bond donors (Lipinski definition) is 3. The number of fused-ring (bicyclic) bond motifs is 1. The molecule has 1 aliphatic rings. The summed E-state index contributed by atoms with van der Waals surface area (Å²) >= 11 is 0. The van der Waals surface area contributed by atoms with Gasteiger partial charge < -0.3 is 15.6 Å². The van der Waals surface area contributed by atoms with Gasteiger partial charge in [-0.2, -0.15) is 0 Å². The molecule has 0 aliphatic carbocycles. The predicted molar refractivity (Wildman–Crippen MR) is 87.2 cm³/mol. The van der Waals surface area contributed by atoms with Crippen LogP contribution in [-0.4, -0.2) is 31.2 Å². The number of aromatic amines is 1. The molecule has 1 saturated heterocycles. The smallest absolute Gasteiger partial charge is 0.0456 e. The first-order valence-electron chi connectivity index (χ1n) is 7.40. The lowest BCUT2D eigenvalue weighted by Gasteiger charge is -2.22. The lowest BCUT2D eigenvalue weighted by atomic mass is 9.98. The molecule has 3 rings (SSSR count). The van der Waals surface area contributed by atoms with Crippen LogP contribution in [0.15, 0.2) is 30.5 Å². The minimum atomic E-state index is 0. The van der Waals surface area contributed by atoms with E-state index in [1.54, 1.807) is 0 Å². The Labute approximate surface area is 122 Å². The summed E-state index contributed by atoms with van der Waals surface area (Å²) in [4.78, 5) is 3.34. The monoisotopic (exact) mass is 273 g/mol. The largest absolute Gasteiger partial charge is 0.361 e. The van der Waals surface area contributed by atoms with E-state index < -0.39 is 0 Å². The topological polar surface area (TPSA) is 39.8 Å². The van der Waals surface area contributed by atoms with Crippen molar-refractivity contribution in [1.29, 1.82) is 0 Å². The Bertz CT molecular complexity index is 512. The molecule has 3 heteroatoms. The Morgan fingerprint density at radius 1 is 1.15 bits per heavy atom. The van der Waals surface area contributed by atoms with Crippen molar-refractivity contribution < 1.29 is 0 Å². The normalized spacial score (nSPS) is 16.2. The van der Waals surface area contributed by atoms with Crippen molar-refractivity contribution in [2.45, 2.75) is 26.7 Å². The van der Waals surface area contributed by atoms with E-state index in [1.807, 2.05) is 0 Å². The standard InChI is InChI=1S/C16H23N3.CH4/c1-2-4-16-15(3-1)14(12-19-16)7-10-18-11-13-5-8-17-9-6-13;/h1-4,12-13,17-19H,5-11H2;1H4. The zero-order valence-corrected chi connectivity index (χ0v) is 11.4. The van der Waals surface area contributed by atoms with Gasteiger partial charge in [-0.3, -0.25) is 0 Å². The second-order valence-electron chi connectivity index (χ2n) is 5.51. The summed E-state index contributed by atoms with van der Waals surface area (Å²) in [6.45, 7) is 4.62. The average molecular weight is 273 g/mol. The van der Waals surface area contributed by atoms with Gasteiger partial charge in [-0.25, -0.2) is 0 Å². The second-order valence-corrected chi connectivity index (χ2v) is 5.51. The zero-order valence-electron chi connectivity index (χ0n) is 11.4. The fourth-order valence-corrected chi connectivity index (χ4v) is 2.95. The summed E-state index contributed by atoms with van der Waals surface area (Å²) in [5, 5.41) is 8.40. The van der Waals surface area contributed by atoms with E-state index in [-0.39, 0.29) is 7.43 Å². The molecular formula is C17H27N3. The van der Waals surface area contributed by atoms with Gasteiger partial charge in [0, 0.05) is 17.1 Å². The minimum absolute atomic E-state index is 0. The van der Waals surface area contributed by atoms with Gasteiger partial charge in [0.2, 0.25) is 0 Å². The first-order valence-corrected chi connectivity index (χ1v) is 7.40.